The molecule has 0 amide bonds. The Morgan fingerprint density at radius 3 is 3.13 bits per heavy atom. The molecule has 1 aromatic heterocycles. The zero-order chi connectivity index (χ0) is 11.1. The van der Waals surface area contributed by atoms with Crippen molar-refractivity contribution in [1.82, 2.24) is 4.98 Å². The third-order valence-corrected chi connectivity index (χ3v) is 1.72. The molecule has 0 saturated carbocycles. The maximum atomic E-state index is 11.5. The van der Waals surface area contributed by atoms with Crippen LogP contribution in [0.5, 0.6) is 0 Å². The summed E-state index contributed by atoms with van der Waals surface area (Å²) in [5.74, 6) is -0.352. The van der Waals surface area contributed by atoms with Crippen molar-refractivity contribution in [2.75, 3.05) is 6.61 Å². The monoisotopic (exact) mass is 203 g/mol. The minimum Gasteiger partial charge on any atom is -0.462 e. The molecule has 0 spiro atoms. The number of hydrogen-bond acceptors (Lipinski definition) is 3. The van der Waals surface area contributed by atoms with Crippen LogP contribution in [0, 0.1) is 0 Å². The quantitative estimate of drug-likeness (QED) is 0.557. The fourth-order valence-electron chi connectivity index (χ4n) is 1.09. The van der Waals surface area contributed by atoms with Crippen LogP contribution in [0.4, 0.5) is 0 Å². The number of carbonyl (C=O) groups excluding carboxylic acids is 1. The van der Waals surface area contributed by atoms with Crippen LogP contribution in [0.25, 0.3) is 6.08 Å². The van der Waals surface area contributed by atoms with Crippen molar-refractivity contribution < 1.29 is 9.53 Å². The van der Waals surface area contributed by atoms with E-state index in [1.165, 1.54) is 0 Å². The van der Waals surface area contributed by atoms with E-state index in [0.717, 1.165) is 0 Å². The standard InChI is InChI=1S/C12H13NO2/c1-3-5-8-11-10(7-6-9-13-11)12(14)15-4-2/h3,5-9H,1,4H2,2H3/b8-5+. The van der Waals surface area contributed by atoms with Gasteiger partial charge in [0.1, 0.15) is 0 Å². The Balaban J connectivity index is 3.00. The maximum absolute atomic E-state index is 11.5. The van der Waals surface area contributed by atoms with E-state index >= 15 is 0 Å². The lowest BCUT2D eigenvalue weighted by molar-refractivity contribution is 0.0525. The van der Waals surface area contributed by atoms with Crippen LogP contribution in [0.1, 0.15) is 23.0 Å². The molecule has 1 rings (SSSR count). The van der Waals surface area contributed by atoms with E-state index in [4.69, 9.17) is 4.74 Å². The van der Waals surface area contributed by atoms with E-state index in [-0.39, 0.29) is 5.97 Å². The molecule has 0 aliphatic heterocycles. The minimum absolute atomic E-state index is 0.352. The molecule has 78 valence electrons. The Hall–Kier alpha value is -1.90. The lowest BCUT2D eigenvalue weighted by Gasteiger charge is -2.03. The van der Waals surface area contributed by atoms with Gasteiger partial charge in [-0.3, -0.25) is 4.98 Å². The van der Waals surface area contributed by atoms with Crippen LogP contribution in [0.3, 0.4) is 0 Å². The highest BCUT2D eigenvalue weighted by Gasteiger charge is 2.10. The van der Waals surface area contributed by atoms with Crippen LogP contribution in [0.2, 0.25) is 0 Å². The van der Waals surface area contributed by atoms with Gasteiger partial charge >= 0.3 is 5.97 Å². The van der Waals surface area contributed by atoms with Crippen LogP contribution < -0.4 is 0 Å². The fourth-order valence-corrected chi connectivity index (χ4v) is 1.09. The molecule has 15 heavy (non-hydrogen) atoms. The minimum atomic E-state index is -0.352. The van der Waals surface area contributed by atoms with E-state index in [0.29, 0.717) is 17.9 Å². The number of allylic oxidation sites excluding steroid dienone is 2. The van der Waals surface area contributed by atoms with E-state index in [1.807, 2.05) is 0 Å². The first-order chi connectivity index (χ1) is 7.29. The number of esters is 1. The van der Waals surface area contributed by atoms with Crippen LogP contribution in [-0.2, 0) is 4.74 Å². The van der Waals surface area contributed by atoms with Crippen molar-refractivity contribution in [2.24, 2.45) is 0 Å². The summed E-state index contributed by atoms with van der Waals surface area (Å²) in [7, 11) is 0. The number of nitrogens with zero attached hydrogens (tertiary/aromatic N) is 1. The molecule has 0 saturated heterocycles. The highest BCUT2D eigenvalue weighted by molar-refractivity contribution is 5.92. The molecule has 0 aliphatic carbocycles. The zero-order valence-corrected chi connectivity index (χ0v) is 8.64. The van der Waals surface area contributed by atoms with Crippen molar-refractivity contribution >= 4 is 12.0 Å². The lowest BCUT2D eigenvalue weighted by atomic mass is 10.2. The average molecular weight is 203 g/mol. The van der Waals surface area contributed by atoms with Gasteiger partial charge in [0.2, 0.25) is 0 Å². The molecule has 0 aliphatic rings. The van der Waals surface area contributed by atoms with E-state index < -0.39 is 0 Å². The molecule has 1 heterocycles. The number of carbonyl (C=O) groups is 1. The normalized spacial score (nSPS) is 10.2. The van der Waals surface area contributed by atoms with E-state index in [2.05, 4.69) is 11.6 Å². The Bertz CT molecular complexity index is 383. The highest BCUT2D eigenvalue weighted by Crippen LogP contribution is 2.09. The smallest absolute Gasteiger partial charge is 0.340 e. The zero-order valence-electron chi connectivity index (χ0n) is 8.64. The summed E-state index contributed by atoms with van der Waals surface area (Å²) in [5.41, 5.74) is 1.06. The maximum Gasteiger partial charge on any atom is 0.340 e. The van der Waals surface area contributed by atoms with Gasteiger partial charge in [-0.2, -0.15) is 0 Å². The van der Waals surface area contributed by atoms with Crippen LogP contribution in [0.15, 0.2) is 37.1 Å². The SMILES string of the molecule is C=C/C=C/c1ncccc1C(=O)OCC. The van der Waals surface area contributed by atoms with Gasteiger partial charge in [-0.1, -0.05) is 18.7 Å². The number of rotatable bonds is 4. The molecular weight excluding hydrogens is 190 g/mol. The second-order valence-corrected chi connectivity index (χ2v) is 2.75. The second-order valence-electron chi connectivity index (χ2n) is 2.75. The summed E-state index contributed by atoms with van der Waals surface area (Å²) < 4.78 is 4.91. The Morgan fingerprint density at radius 1 is 1.67 bits per heavy atom. The fraction of sp³-hybridized carbons (Fsp3) is 0.167. The van der Waals surface area contributed by atoms with Gasteiger partial charge in [-0.15, -0.1) is 0 Å². The average Bonchev–Trinajstić information content (AvgIpc) is 2.27. The van der Waals surface area contributed by atoms with Crippen LogP contribution >= 0.6 is 0 Å². The molecule has 0 unspecified atom stereocenters. The van der Waals surface area contributed by atoms with Gasteiger partial charge in [-0.05, 0) is 25.1 Å². The van der Waals surface area contributed by atoms with E-state index in [9.17, 15) is 4.79 Å². The summed E-state index contributed by atoms with van der Waals surface area (Å²) in [6.45, 7) is 5.69. The van der Waals surface area contributed by atoms with Gasteiger partial charge in [-0.25, -0.2) is 4.79 Å². The third-order valence-electron chi connectivity index (χ3n) is 1.72. The van der Waals surface area contributed by atoms with Crippen molar-refractivity contribution in [2.45, 2.75) is 6.92 Å². The summed E-state index contributed by atoms with van der Waals surface area (Å²) in [4.78, 5) is 15.6. The van der Waals surface area contributed by atoms with Gasteiger partial charge in [0.05, 0.1) is 17.9 Å². The Morgan fingerprint density at radius 2 is 2.47 bits per heavy atom. The van der Waals surface area contributed by atoms with Crippen molar-refractivity contribution in [1.29, 1.82) is 0 Å². The van der Waals surface area contributed by atoms with Crippen molar-refractivity contribution in [3.63, 3.8) is 0 Å². The molecule has 0 bridgehead atoms. The predicted octanol–water partition coefficient (Wildman–Crippen LogP) is 2.46. The molecule has 0 radical (unpaired) electrons. The van der Waals surface area contributed by atoms with Crippen LogP contribution in [-0.4, -0.2) is 17.6 Å². The first kappa shape index (κ1) is 11.2. The largest absolute Gasteiger partial charge is 0.462 e. The van der Waals surface area contributed by atoms with Crippen molar-refractivity contribution in [3.05, 3.63) is 48.3 Å². The number of hydrogen-bond donors (Lipinski definition) is 0. The number of ether oxygens (including phenoxy) is 1. The number of pyridine rings is 1. The summed E-state index contributed by atoms with van der Waals surface area (Å²) in [5, 5.41) is 0. The molecule has 0 fully saturated rings. The molecular formula is C12H13NO2. The molecule has 0 atom stereocenters. The topological polar surface area (TPSA) is 39.2 Å². The van der Waals surface area contributed by atoms with Gasteiger partial charge in [0.25, 0.3) is 0 Å². The van der Waals surface area contributed by atoms with Gasteiger partial charge in [0, 0.05) is 6.20 Å². The summed E-state index contributed by atoms with van der Waals surface area (Å²) in [6.07, 6.45) is 6.71. The molecule has 0 N–H and O–H groups in total. The molecule has 3 nitrogen and oxygen atoms in total. The van der Waals surface area contributed by atoms with E-state index in [1.54, 1.807) is 43.5 Å². The molecule has 1 aromatic rings. The van der Waals surface area contributed by atoms with Gasteiger partial charge in [0.15, 0.2) is 0 Å². The number of aromatic nitrogens is 1. The predicted molar refractivity (Wildman–Crippen MR) is 59.4 cm³/mol. The second kappa shape index (κ2) is 5.75. The molecule has 3 heteroatoms. The Labute approximate surface area is 89.1 Å². The highest BCUT2D eigenvalue weighted by atomic mass is 16.5. The third kappa shape index (κ3) is 3.06. The first-order valence-electron chi connectivity index (χ1n) is 4.70. The molecule has 0 aromatic carbocycles. The summed E-state index contributed by atoms with van der Waals surface area (Å²) >= 11 is 0. The first-order valence-corrected chi connectivity index (χ1v) is 4.70. The van der Waals surface area contributed by atoms with Gasteiger partial charge < -0.3 is 4.74 Å². The van der Waals surface area contributed by atoms with Crippen molar-refractivity contribution in [3.8, 4) is 0 Å². The summed E-state index contributed by atoms with van der Waals surface area (Å²) in [6, 6.07) is 3.39. The Kier molecular flexibility index (Phi) is 4.29. The lowest BCUT2D eigenvalue weighted by Crippen LogP contribution is -2.07.